The molecule has 156 valence electrons. The van der Waals surface area contributed by atoms with Crippen LogP contribution in [0.15, 0.2) is 11.1 Å². The van der Waals surface area contributed by atoms with E-state index >= 15 is 0 Å². The van der Waals surface area contributed by atoms with Crippen molar-refractivity contribution < 1.29 is 33.3 Å². The predicted octanol–water partition coefficient (Wildman–Crippen LogP) is 0.495. The van der Waals surface area contributed by atoms with Gasteiger partial charge in [0.15, 0.2) is 40.2 Å². The zero-order chi connectivity index (χ0) is 21.3. The fraction of sp³-hybridized carbons (Fsp3) is 0.500. The third-order valence-corrected chi connectivity index (χ3v) is 4.62. The van der Waals surface area contributed by atoms with Crippen LogP contribution in [0, 0.1) is 0 Å². The molecule has 1 saturated heterocycles. The van der Waals surface area contributed by atoms with E-state index in [4.69, 9.17) is 24.7 Å². The van der Waals surface area contributed by atoms with Gasteiger partial charge in [0, 0.05) is 20.8 Å². The van der Waals surface area contributed by atoms with E-state index in [0.29, 0.717) is 11.2 Å². The van der Waals surface area contributed by atoms with Gasteiger partial charge in [0.1, 0.15) is 19.0 Å². The lowest BCUT2D eigenvalue weighted by Gasteiger charge is -2.24. The molecule has 2 aromatic heterocycles. The number of nitrogens with zero attached hydrogens (tertiary/aromatic N) is 4. The molecule has 0 spiro atoms. The van der Waals surface area contributed by atoms with Crippen LogP contribution in [0.3, 0.4) is 0 Å². The number of nitrogen functional groups attached to an aromatic ring is 1. The first-order valence-corrected chi connectivity index (χ1v) is 9.25. The average molecular weight is 472 g/mol. The molecule has 1 aliphatic heterocycles. The highest BCUT2D eigenvalue weighted by molar-refractivity contribution is 9.10. The van der Waals surface area contributed by atoms with Crippen molar-refractivity contribution in [2.45, 2.75) is 45.3 Å². The Bertz CT molecular complexity index is 965. The summed E-state index contributed by atoms with van der Waals surface area (Å²) in [5.74, 6) is -1.64. The maximum Gasteiger partial charge on any atom is 0.303 e. The molecule has 12 nitrogen and oxygen atoms in total. The Morgan fingerprint density at radius 3 is 2.41 bits per heavy atom. The van der Waals surface area contributed by atoms with E-state index in [9.17, 15) is 14.4 Å². The van der Waals surface area contributed by atoms with E-state index in [1.807, 2.05) is 0 Å². The number of fused-ring (bicyclic) bond motifs is 1. The summed E-state index contributed by atoms with van der Waals surface area (Å²) in [6.07, 6.45) is -2.76. The van der Waals surface area contributed by atoms with Gasteiger partial charge in [0.05, 0.1) is 0 Å². The number of anilines is 1. The molecule has 0 unspecified atom stereocenters. The fourth-order valence-corrected chi connectivity index (χ4v) is 3.57. The SMILES string of the molecule is CC(=O)OC[C@H]1O[C@@H](n2c(Br)nc3c(N)ncnc32)[C@H](OC(C)=O)[C@H]1OC(C)=O. The zero-order valence-corrected chi connectivity index (χ0v) is 17.3. The summed E-state index contributed by atoms with van der Waals surface area (Å²) in [6, 6.07) is 0. The summed E-state index contributed by atoms with van der Waals surface area (Å²) in [5, 5.41) is 0. The number of aromatic nitrogens is 4. The van der Waals surface area contributed by atoms with Crippen LogP contribution < -0.4 is 5.73 Å². The molecule has 3 rings (SSSR count). The third kappa shape index (κ3) is 4.29. The number of hydrogen-bond acceptors (Lipinski definition) is 11. The maximum atomic E-state index is 11.7. The Balaban J connectivity index is 2.07. The fourth-order valence-electron chi connectivity index (χ4n) is 3.03. The molecule has 2 N–H and O–H groups in total. The minimum absolute atomic E-state index is 0.143. The highest BCUT2D eigenvalue weighted by Crippen LogP contribution is 2.38. The van der Waals surface area contributed by atoms with Crippen LogP contribution in [0.25, 0.3) is 11.2 Å². The van der Waals surface area contributed by atoms with Crippen molar-refractivity contribution in [1.82, 2.24) is 19.5 Å². The normalized spacial score (nSPS) is 23.7. The Labute approximate surface area is 172 Å². The molecule has 0 bridgehead atoms. The molecule has 1 aliphatic rings. The van der Waals surface area contributed by atoms with Crippen LogP contribution in [0.4, 0.5) is 5.82 Å². The smallest absolute Gasteiger partial charge is 0.303 e. The second kappa shape index (κ2) is 8.29. The van der Waals surface area contributed by atoms with Crippen LogP contribution in [0.2, 0.25) is 0 Å². The minimum atomic E-state index is -1.07. The number of imidazole rings is 1. The molecule has 2 aromatic rings. The van der Waals surface area contributed by atoms with Crippen LogP contribution >= 0.6 is 15.9 Å². The van der Waals surface area contributed by atoms with Gasteiger partial charge in [-0.2, -0.15) is 0 Å². The van der Waals surface area contributed by atoms with E-state index < -0.39 is 42.4 Å². The number of hydrogen-bond donors (Lipinski definition) is 1. The summed E-state index contributed by atoms with van der Waals surface area (Å²) in [5.41, 5.74) is 6.46. The van der Waals surface area contributed by atoms with E-state index in [-0.39, 0.29) is 17.2 Å². The number of carbonyl (C=O) groups is 3. The molecule has 29 heavy (non-hydrogen) atoms. The Hall–Kier alpha value is -2.80. The second-order valence-corrected chi connectivity index (χ2v) is 6.91. The Kier molecular flexibility index (Phi) is 5.98. The quantitative estimate of drug-likeness (QED) is 0.367. The number of halogens is 1. The van der Waals surface area contributed by atoms with Crippen molar-refractivity contribution in [3.63, 3.8) is 0 Å². The molecule has 13 heteroatoms. The second-order valence-electron chi connectivity index (χ2n) is 6.20. The summed E-state index contributed by atoms with van der Waals surface area (Å²) >= 11 is 3.32. The molecule has 0 saturated carbocycles. The van der Waals surface area contributed by atoms with Gasteiger partial charge in [0.2, 0.25) is 0 Å². The summed E-state index contributed by atoms with van der Waals surface area (Å²) in [7, 11) is 0. The lowest BCUT2D eigenvalue weighted by Crippen LogP contribution is -2.40. The predicted molar refractivity (Wildman–Crippen MR) is 99.1 cm³/mol. The lowest BCUT2D eigenvalue weighted by molar-refractivity contribution is -0.166. The number of rotatable bonds is 5. The average Bonchev–Trinajstić information content (AvgIpc) is 3.11. The molecule has 0 aliphatic carbocycles. The largest absolute Gasteiger partial charge is 0.463 e. The van der Waals surface area contributed by atoms with Gasteiger partial charge >= 0.3 is 17.9 Å². The van der Waals surface area contributed by atoms with Crippen molar-refractivity contribution in [2.24, 2.45) is 0 Å². The van der Waals surface area contributed by atoms with Crippen molar-refractivity contribution in [1.29, 1.82) is 0 Å². The van der Waals surface area contributed by atoms with Crippen molar-refractivity contribution >= 4 is 50.8 Å². The van der Waals surface area contributed by atoms with Crippen LogP contribution in [0.5, 0.6) is 0 Å². The van der Waals surface area contributed by atoms with Crippen molar-refractivity contribution in [3.05, 3.63) is 11.1 Å². The topological polar surface area (TPSA) is 158 Å². The monoisotopic (exact) mass is 471 g/mol. The lowest BCUT2D eigenvalue weighted by atomic mass is 10.1. The first kappa shape index (κ1) is 20.9. The molecule has 1 fully saturated rings. The van der Waals surface area contributed by atoms with E-state index in [1.54, 1.807) is 0 Å². The molecule has 0 amide bonds. The Morgan fingerprint density at radius 2 is 1.79 bits per heavy atom. The molecule has 0 aromatic carbocycles. The minimum Gasteiger partial charge on any atom is -0.463 e. The number of nitrogens with two attached hydrogens (primary N) is 1. The van der Waals surface area contributed by atoms with E-state index in [2.05, 4.69) is 30.9 Å². The van der Waals surface area contributed by atoms with Gasteiger partial charge < -0.3 is 24.7 Å². The van der Waals surface area contributed by atoms with Gasteiger partial charge in [-0.3, -0.25) is 19.0 Å². The summed E-state index contributed by atoms with van der Waals surface area (Å²) < 4.78 is 23.5. The van der Waals surface area contributed by atoms with Crippen molar-refractivity contribution in [2.75, 3.05) is 12.3 Å². The first-order chi connectivity index (χ1) is 13.7. The molecule has 0 radical (unpaired) electrons. The molecular formula is C16H18BrN5O7. The third-order valence-electron chi connectivity index (χ3n) is 4.06. The first-order valence-electron chi connectivity index (χ1n) is 8.46. The highest BCUT2D eigenvalue weighted by Gasteiger charge is 2.51. The van der Waals surface area contributed by atoms with Gasteiger partial charge in [-0.15, -0.1) is 0 Å². The van der Waals surface area contributed by atoms with E-state index in [1.165, 1.54) is 31.7 Å². The summed E-state index contributed by atoms with van der Waals surface area (Å²) in [6.45, 7) is 3.43. The molecular weight excluding hydrogens is 454 g/mol. The van der Waals surface area contributed by atoms with Crippen molar-refractivity contribution in [3.8, 4) is 0 Å². The molecule has 4 atom stereocenters. The number of carbonyl (C=O) groups excluding carboxylic acids is 3. The Morgan fingerprint density at radius 1 is 1.14 bits per heavy atom. The van der Waals surface area contributed by atoms with Crippen LogP contribution in [-0.2, 0) is 33.3 Å². The summed E-state index contributed by atoms with van der Waals surface area (Å²) in [4.78, 5) is 47.0. The maximum absolute atomic E-state index is 11.7. The van der Waals surface area contributed by atoms with Gasteiger partial charge in [-0.1, -0.05) is 0 Å². The van der Waals surface area contributed by atoms with Crippen LogP contribution in [-0.4, -0.2) is 62.3 Å². The number of esters is 3. The van der Waals surface area contributed by atoms with Gasteiger partial charge in [-0.05, 0) is 15.9 Å². The number of ether oxygens (including phenoxy) is 4. The standard InChI is InChI=1S/C16H18BrN5O7/c1-6(23)26-4-9-11(27-7(2)24)12(28-8(3)25)15(29-9)22-14-10(21-16(22)17)13(18)19-5-20-14/h5,9,11-12,15H,4H2,1-3H3,(H2,18,19,20)/t9-,11+,12-,15-/m1/s1. The van der Waals surface area contributed by atoms with Gasteiger partial charge in [-0.25, -0.2) is 15.0 Å². The molecule has 3 heterocycles. The zero-order valence-electron chi connectivity index (χ0n) is 15.7. The van der Waals surface area contributed by atoms with E-state index in [0.717, 1.165) is 0 Å². The van der Waals surface area contributed by atoms with Crippen LogP contribution in [0.1, 0.15) is 27.0 Å². The highest BCUT2D eigenvalue weighted by atomic mass is 79.9. The van der Waals surface area contributed by atoms with Gasteiger partial charge in [0.25, 0.3) is 0 Å².